The highest BCUT2D eigenvalue weighted by Crippen LogP contribution is 2.44. The van der Waals surface area contributed by atoms with Crippen LogP contribution in [-0.4, -0.2) is 60.0 Å². The first-order valence-corrected chi connectivity index (χ1v) is 12.1. The monoisotopic (exact) mass is 565 g/mol. The van der Waals surface area contributed by atoms with Crippen LogP contribution >= 0.6 is 24.0 Å². The predicted octanol–water partition coefficient (Wildman–Crippen LogP) is 4.08. The quantitative estimate of drug-likeness (QED) is 0.337. The molecule has 5 rings (SSSR count). The van der Waals surface area contributed by atoms with Crippen LogP contribution in [0.15, 0.2) is 35.6 Å². The van der Waals surface area contributed by atoms with Crippen LogP contribution in [0.5, 0.6) is 11.5 Å². The van der Waals surface area contributed by atoms with E-state index in [1.165, 1.54) is 36.8 Å². The number of likely N-dealkylation sites (tertiary alicyclic amines) is 1. The van der Waals surface area contributed by atoms with E-state index in [0.717, 1.165) is 50.1 Å². The van der Waals surface area contributed by atoms with Crippen LogP contribution in [-0.2, 0) is 12.5 Å². The van der Waals surface area contributed by atoms with Crippen molar-refractivity contribution in [3.8, 4) is 11.5 Å². The zero-order chi connectivity index (χ0) is 22.0. The highest BCUT2D eigenvalue weighted by atomic mass is 127. The van der Waals surface area contributed by atoms with Crippen molar-refractivity contribution in [3.05, 3.63) is 41.7 Å². The molecule has 1 unspecified atom stereocenters. The van der Waals surface area contributed by atoms with Gasteiger partial charge in [-0.25, -0.2) is 0 Å². The number of hydrogen-bond donors (Lipinski definition) is 1. The van der Waals surface area contributed by atoms with Crippen LogP contribution in [0, 0.1) is 0 Å². The zero-order valence-electron chi connectivity index (χ0n) is 19.8. The molecule has 0 amide bonds. The molecule has 1 saturated carbocycles. The molecule has 2 fully saturated rings. The van der Waals surface area contributed by atoms with Gasteiger partial charge in [-0.15, -0.1) is 24.0 Å². The lowest BCUT2D eigenvalue weighted by atomic mass is 9.79. The third-order valence-electron chi connectivity index (χ3n) is 7.27. The van der Waals surface area contributed by atoms with E-state index in [9.17, 15) is 0 Å². The van der Waals surface area contributed by atoms with Gasteiger partial charge in [0.05, 0.1) is 12.7 Å². The van der Waals surface area contributed by atoms with Crippen molar-refractivity contribution in [2.45, 2.75) is 50.4 Å². The SMILES string of the molecule is CCNC(=NCC1(c2ccc3c(c2)OCCO3)CCCC1)N1CCC(c2cnn(C)c2)C1.I. The molecule has 0 bridgehead atoms. The molecule has 1 aliphatic carbocycles. The fraction of sp³-hybridized carbons (Fsp3) is 0.600. The number of nitrogens with zero attached hydrogens (tertiary/aromatic N) is 4. The van der Waals surface area contributed by atoms with Gasteiger partial charge in [0, 0.05) is 44.2 Å². The Balaban J connectivity index is 0.00000259. The molecule has 33 heavy (non-hydrogen) atoms. The number of ether oxygens (including phenoxy) is 2. The number of nitrogens with one attached hydrogen (secondary N) is 1. The summed E-state index contributed by atoms with van der Waals surface area (Å²) in [6.45, 7) is 7.11. The highest BCUT2D eigenvalue weighted by molar-refractivity contribution is 14.0. The molecule has 1 atom stereocenters. The number of aromatic nitrogens is 2. The Morgan fingerprint density at radius 2 is 2.00 bits per heavy atom. The van der Waals surface area contributed by atoms with Crippen molar-refractivity contribution in [1.82, 2.24) is 20.0 Å². The molecule has 3 aliphatic rings. The second-order valence-electron chi connectivity index (χ2n) is 9.39. The summed E-state index contributed by atoms with van der Waals surface area (Å²) >= 11 is 0. The summed E-state index contributed by atoms with van der Waals surface area (Å²) in [6, 6.07) is 6.52. The van der Waals surface area contributed by atoms with Crippen LogP contribution in [0.25, 0.3) is 0 Å². The molecule has 2 aliphatic heterocycles. The lowest BCUT2D eigenvalue weighted by Crippen LogP contribution is -2.41. The van der Waals surface area contributed by atoms with Gasteiger partial charge in [-0.2, -0.15) is 5.10 Å². The van der Waals surface area contributed by atoms with Crippen LogP contribution in [0.3, 0.4) is 0 Å². The minimum atomic E-state index is 0. The molecule has 8 heteroatoms. The second-order valence-corrected chi connectivity index (χ2v) is 9.39. The van der Waals surface area contributed by atoms with E-state index in [4.69, 9.17) is 14.5 Å². The maximum atomic E-state index is 5.88. The van der Waals surface area contributed by atoms with Crippen molar-refractivity contribution in [1.29, 1.82) is 0 Å². The van der Waals surface area contributed by atoms with Crippen molar-refractivity contribution >= 4 is 29.9 Å². The van der Waals surface area contributed by atoms with E-state index in [-0.39, 0.29) is 29.4 Å². The first-order valence-electron chi connectivity index (χ1n) is 12.1. The molecule has 1 saturated heterocycles. The van der Waals surface area contributed by atoms with Gasteiger partial charge in [-0.1, -0.05) is 18.9 Å². The van der Waals surface area contributed by atoms with Gasteiger partial charge in [0.15, 0.2) is 17.5 Å². The van der Waals surface area contributed by atoms with Gasteiger partial charge < -0.3 is 19.7 Å². The molecule has 1 N–H and O–H groups in total. The fourth-order valence-corrected chi connectivity index (χ4v) is 5.49. The molecular weight excluding hydrogens is 529 g/mol. The maximum Gasteiger partial charge on any atom is 0.193 e. The summed E-state index contributed by atoms with van der Waals surface area (Å²) in [5, 5.41) is 7.92. The van der Waals surface area contributed by atoms with E-state index >= 15 is 0 Å². The molecule has 1 aromatic carbocycles. The minimum absolute atomic E-state index is 0. The van der Waals surface area contributed by atoms with Gasteiger partial charge in [0.1, 0.15) is 13.2 Å². The Morgan fingerprint density at radius 3 is 2.73 bits per heavy atom. The molecular formula is C25H36IN5O2. The Bertz CT molecular complexity index is 969. The lowest BCUT2D eigenvalue weighted by molar-refractivity contribution is 0.171. The minimum Gasteiger partial charge on any atom is -0.486 e. The number of guanidine groups is 1. The second kappa shape index (κ2) is 10.5. The summed E-state index contributed by atoms with van der Waals surface area (Å²) in [7, 11) is 1.99. The van der Waals surface area contributed by atoms with Crippen molar-refractivity contribution in [2.24, 2.45) is 12.0 Å². The predicted molar refractivity (Wildman–Crippen MR) is 141 cm³/mol. The number of rotatable bonds is 5. The number of hydrogen-bond acceptors (Lipinski definition) is 4. The van der Waals surface area contributed by atoms with Crippen LogP contribution in [0.1, 0.15) is 56.1 Å². The van der Waals surface area contributed by atoms with Crippen molar-refractivity contribution < 1.29 is 9.47 Å². The topological polar surface area (TPSA) is 63.9 Å². The van der Waals surface area contributed by atoms with Gasteiger partial charge in [0.2, 0.25) is 0 Å². The molecule has 180 valence electrons. The average molecular weight is 566 g/mol. The van der Waals surface area contributed by atoms with Gasteiger partial charge in [0.25, 0.3) is 0 Å². The third-order valence-corrected chi connectivity index (χ3v) is 7.27. The molecule has 2 aromatic rings. The average Bonchev–Trinajstić information content (AvgIpc) is 3.57. The number of benzene rings is 1. The van der Waals surface area contributed by atoms with Crippen LogP contribution in [0.4, 0.5) is 0 Å². The standard InChI is InChI=1S/C25H35N5O2.HI/c1-3-26-24(30-11-8-19(17-30)20-15-28-29(2)16-20)27-18-25(9-4-5-10-25)21-6-7-22-23(14-21)32-13-12-31-22;/h6-7,14-16,19H,3-5,8-13,17-18H2,1-2H3,(H,26,27);1H. The third kappa shape index (κ3) is 5.10. The van der Waals surface area contributed by atoms with E-state index in [0.29, 0.717) is 19.1 Å². The number of halogens is 1. The maximum absolute atomic E-state index is 5.88. The molecule has 0 radical (unpaired) electrons. The largest absolute Gasteiger partial charge is 0.486 e. The molecule has 0 spiro atoms. The summed E-state index contributed by atoms with van der Waals surface area (Å²) in [5.41, 5.74) is 2.75. The van der Waals surface area contributed by atoms with E-state index in [1.54, 1.807) is 0 Å². The van der Waals surface area contributed by atoms with Gasteiger partial charge in [-0.05, 0) is 49.4 Å². The summed E-state index contributed by atoms with van der Waals surface area (Å²) < 4.78 is 13.5. The first-order chi connectivity index (χ1) is 15.7. The Morgan fingerprint density at radius 1 is 1.21 bits per heavy atom. The van der Waals surface area contributed by atoms with E-state index < -0.39 is 0 Å². The smallest absolute Gasteiger partial charge is 0.193 e. The highest BCUT2D eigenvalue weighted by Gasteiger charge is 2.37. The number of aliphatic imine (C=N–C) groups is 1. The Hall–Kier alpha value is -1.97. The molecule has 1 aromatic heterocycles. The molecule has 7 nitrogen and oxygen atoms in total. The number of fused-ring (bicyclic) bond motifs is 1. The Kier molecular flexibility index (Phi) is 7.71. The summed E-state index contributed by atoms with van der Waals surface area (Å²) in [5.74, 6) is 3.31. The normalized spacial score (nSPS) is 21.7. The van der Waals surface area contributed by atoms with Crippen molar-refractivity contribution in [2.75, 3.05) is 39.4 Å². The molecule has 3 heterocycles. The number of aryl methyl sites for hydroxylation is 1. The lowest BCUT2D eigenvalue weighted by Gasteiger charge is -2.31. The van der Waals surface area contributed by atoms with Crippen LogP contribution < -0.4 is 14.8 Å². The summed E-state index contributed by atoms with van der Waals surface area (Å²) in [6.07, 6.45) is 10.2. The summed E-state index contributed by atoms with van der Waals surface area (Å²) in [4.78, 5) is 7.63. The van der Waals surface area contributed by atoms with E-state index in [2.05, 4.69) is 46.6 Å². The first kappa shape index (κ1) is 24.2. The van der Waals surface area contributed by atoms with Crippen LogP contribution in [0.2, 0.25) is 0 Å². The van der Waals surface area contributed by atoms with Crippen molar-refractivity contribution in [3.63, 3.8) is 0 Å². The van der Waals surface area contributed by atoms with E-state index in [1.807, 2.05) is 17.9 Å². The Labute approximate surface area is 213 Å². The van der Waals surface area contributed by atoms with Gasteiger partial charge >= 0.3 is 0 Å². The zero-order valence-corrected chi connectivity index (χ0v) is 22.1. The van der Waals surface area contributed by atoms with Gasteiger partial charge in [-0.3, -0.25) is 9.67 Å². The fourth-order valence-electron chi connectivity index (χ4n) is 5.49.